The summed E-state index contributed by atoms with van der Waals surface area (Å²) in [5.41, 5.74) is 2.23. The molecular weight excluding hydrogens is 409 g/mol. The van der Waals surface area contributed by atoms with Crippen molar-refractivity contribution < 1.29 is 9.53 Å². The highest BCUT2D eigenvalue weighted by Gasteiger charge is 2.15. The van der Waals surface area contributed by atoms with Crippen molar-refractivity contribution in [2.75, 3.05) is 5.32 Å². The van der Waals surface area contributed by atoms with Gasteiger partial charge in [0.2, 0.25) is 5.91 Å². The lowest BCUT2D eigenvalue weighted by molar-refractivity contribution is -0.116. The number of fused-ring (bicyclic) bond motifs is 1. The lowest BCUT2D eigenvalue weighted by atomic mass is 10.3. The van der Waals surface area contributed by atoms with Gasteiger partial charge in [-0.05, 0) is 48.5 Å². The predicted molar refractivity (Wildman–Crippen MR) is 116 cm³/mol. The summed E-state index contributed by atoms with van der Waals surface area (Å²) in [5.74, 6) is 1.12. The number of anilines is 1. The Morgan fingerprint density at radius 1 is 0.966 bits per heavy atom. The minimum absolute atomic E-state index is 0.0883. The molecule has 0 saturated heterocycles. The number of halogens is 2. The molecule has 1 aromatic heterocycles. The number of carbonyl (C=O) groups is 1. The molecule has 0 aliphatic heterocycles. The zero-order valence-corrected chi connectivity index (χ0v) is 16.8. The largest absolute Gasteiger partial charge is 0.486 e. The van der Waals surface area contributed by atoms with Gasteiger partial charge in [0.15, 0.2) is 0 Å². The first-order valence-corrected chi connectivity index (χ1v) is 9.72. The Morgan fingerprint density at radius 2 is 1.69 bits per heavy atom. The van der Waals surface area contributed by atoms with Crippen molar-refractivity contribution in [3.63, 3.8) is 0 Å². The Labute approximate surface area is 177 Å². The van der Waals surface area contributed by atoms with E-state index in [4.69, 9.17) is 27.9 Å². The molecule has 0 bridgehead atoms. The average Bonchev–Trinajstić information content (AvgIpc) is 3.07. The van der Waals surface area contributed by atoms with Gasteiger partial charge >= 0.3 is 0 Å². The maximum atomic E-state index is 12.7. The van der Waals surface area contributed by atoms with Gasteiger partial charge in [-0.2, -0.15) is 0 Å². The molecule has 4 aromatic rings. The molecule has 1 N–H and O–H groups in total. The third-order valence-electron chi connectivity index (χ3n) is 4.36. The van der Waals surface area contributed by atoms with Gasteiger partial charge in [-0.3, -0.25) is 4.79 Å². The molecule has 0 atom stereocenters. The Morgan fingerprint density at radius 3 is 2.48 bits per heavy atom. The number of amides is 1. The van der Waals surface area contributed by atoms with Gasteiger partial charge in [-0.1, -0.05) is 47.5 Å². The Hall–Kier alpha value is -3.02. The number of rotatable bonds is 6. The third kappa shape index (κ3) is 4.53. The van der Waals surface area contributed by atoms with Crippen LogP contribution in [0.15, 0.2) is 72.8 Å². The highest BCUT2D eigenvalue weighted by Crippen LogP contribution is 2.22. The van der Waals surface area contributed by atoms with Crippen LogP contribution in [-0.4, -0.2) is 15.5 Å². The number of imidazole rings is 1. The van der Waals surface area contributed by atoms with Crippen LogP contribution in [-0.2, 0) is 17.9 Å². The molecule has 7 heteroatoms. The van der Waals surface area contributed by atoms with Crippen molar-refractivity contribution in [1.29, 1.82) is 0 Å². The standard InChI is InChI=1S/C22H17Cl2N3O2/c23-15-9-11-16(12-10-15)29-14-21-25-19-7-3-4-8-20(19)27(21)13-22(28)26-18-6-2-1-5-17(18)24/h1-12H,13-14H2,(H,26,28). The van der Waals surface area contributed by atoms with E-state index >= 15 is 0 Å². The van der Waals surface area contributed by atoms with Crippen molar-refractivity contribution >= 4 is 45.8 Å². The van der Waals surface area contributed by atoms with Gasteiger partial charge in [-0.25, -0.2) is 4.98 Å². The molecule has 0 spiro atoms. The van der Waals surface area contributed by atoms with Crippen LogP contribution in [0.1, 0.15) is 5.82 Å². The van der Waals surface area contributed by atoms with Crippen LogP contribution in [0.2, 0.25) is 10.0 Å². The van der Waals surface area contributed by atoms with Gasteiger partial charge in [0.25, 0.3) is 0 Å². The van der Waals surface area contributed by atoms with Crippen LogP contribution in [0.5, 0.6) is 5.75 Å². The van der Waals surface area contributed by atoms with Gasteiger partial charge in [0.05, 0.1) is 21.7 Å². The molecule has 0 aliphatic rings. The number of nitrogens with one attached hydrogen (secondary N) is 1. The molecule has 0 aliphatic carbocycles. The van der Waals surface area contributed by atoms with E-state index < -0.39 is 0 Å². The summed E-state index contributed by atoms with van der Waals surface area (Å²) in [6, 6.07) is 21.9. The molecule has 5 nitrogen and oxygen atoms in total. The quantitative estimate of drug-likeness (QED) is 0.439. The van der Waals surface area contributed by atoms with Crippen molar-refractivity contribution in [3.05, 3.63) is 88.7 Å². The molecule has 0 radical (unpaired) electrons. The first-order valence-electron chi connectivity index (χ1n) is 8.97. The van der Waals surface area contributed by atoms with Gasteiger partial charge in [-0.15, -0.1) is 0 Å². The van der Waals surface area contributed by atoms with Gasteiger partial charge < -0.3 is 14.6 Å². The Kier molecular flexibility index (Phi) is 5.69. The van der Waals surface area contributed by atoms with Crippen molar-refractivity contribution in [2.45, 2.75) is 13.2 Å². The first kappa shape index (κ1) is 19.3. The van der Waals surface area contributed by atoms with Crippen LogP contribution >= 0.6 is 23.2 Å². The number of ether oxygens (including phenoxy) is 1. The number of aromatic nitrogens is 2. The van der Waals surface area contributed by atoms with E-state index in [2.05, 4.69) is 10.3 Å². The smallest absolute Gasteiger partial charge is 0.244 e. The number of hydrogen-bond acceptors (Lipinski definition) is 3. The number of carbonyl (C=O) groups excluding carboxylic acids is 1. The third-order valence-corrected chi connectivity index (χ3v) is 4.95. The summed E-state index contributed by atoms with van der Waals surface area (Å²) >= 11 is 12.1. The molecule has 0 saturated carbocycles. The Balaban J connectivity index is 1.57. The second-order valence-electron chi connectivity index (χ2n) is 6.37. The minimum atomic E-state index is -0.200. The minimum Gasteiger partial charge on any atom is -0.486 e. The molecule has 146 valence electrons. The van der Waals surface area contributed by atoms with Crippen LogP contribution < -0.4 is 10.1 Å². The fourth-order valence-corrected chi connectivity index (χ4v) is 3.30. The lowest BCUT2D eigenvalue weighted by Gasteiger charge is -2.12. The van der Waals surface area contributed by atoms with Crippen molar-refractivity contribution in [2.24, 2.45) is 0 Å². The number of para-hydroxylation sites is 3. The first-order chi connectivity index (χ1) is 14.1. The van der Waals surface area contributed by atoms with Gasteiger partial charge in [0, 0.05) is 5.02 Å². The molecule has 0 fully saturated rings. The molecule has 29 heavy (non-hydrogen) atoms. The zero-order chi connectivity index (χ0) is 20.2. The zero-order valence-electron chi connectivity index (χ0n) is 15.3. The second-order valence-corrected chi connectivity index (χ2v) is 7.22. The van der Waals surface area contributed by atoms with E-state index in [1.54, 1.807) is 36.4 Å². The topological polar surface area (TPSA) is 56.2 Å². The summed E-state index contributed by atoms with van der Waals surface area (Å²) < 4.78 is 7.69. The maximum absolute atomic E-state index is 12.7. The summed E-state index contributed by atoms with van der Waals surface area (Å²) in [4.78, 5) is 17.3. The van der Waals surface area contributed by atoms with Crippen LogP contribution in [0.25, 0.3) is 11.0 Å². The summed E-state index contributed by atoms with van der Waals surface area (Å²) in [6.07, 6.45) is 0. The predicted octanol–water partition coefficient (Wildman–Crippen LogP) is 5.56. The number of benzene rings is 3. The second kappa shape index (κ2) is 8.55. The van der Waals surface area contributed by atoms with Crippen LogP contribution in [0.3, 0.4) is 0 Å². The van der Waals surface area contributed by atoms with Crippen LogP contribution in [0.4, 0.5) is 5.69 Å². The summed E-state index contributed by atoms with van der Waals surface area (Å²) in [6.45, 7) is 0.306. The highest BCUT2D eigenvalue weighted by molar-refractivity contribution is 6.33. The lowest BCUT2D eigenvalue weighted by Crippen LogP contribution is -2.21. The number of hydrogen-bond donors (Lipinski definition) is 1. The normalized spacial score (nSPS) is 10.8. The van der Waals surface area contributed by atoms with Crippen LogP contribution in [0, 0.1) is 0 Å². The Bertz CT molecular complexity index is 1160. The SMILES string of the molecule is O=C(Cn1c(COc2ccc(Cl)cc2)nc2ccccc21)Nc1ccccc1Cl. The molecule has 1 amide bonds. The van der Waals surface area contributed by atoms with E-state index in [-0.39, 0.29) is 19.1 Å². The molecule has 1 heterocycles. The fraction of sp³-hybridized carbons (Fsp3) is 0.0909. The van der Waals surface area contributed by atoms with E-state index in [1.165, 1.54) is 0 Å². The van der Waals surface area contributed by atoms with Crippen molar-refractivity contribution in [3.8, 4) is 5.75 Å². The van der Waals surface area contributed by atoms with E-state index in [0.717, 1.165) is 11.0 Å². The van der Waals surface area contributed by atoms with Crippen molar-refractivity contribution in [1.82, 2.24) is 9.55 Å². The average molecular weight is 426 g/mol. The molecule has 0 unspecified atom stereocenters. The van der Waals surface area contributed by atoms with E-state index in [9.17, 15) is 4.79 Å². The monoisotopic (exact) mass is 425 g/mol. The highest BCUT2D eigenvalue weighted by atomic mass is 35.5. The molecular formula is C22H17Cl2N3O2. The van der Waals surface area contributed by atoms with E-state index in [0.29, 0.717) is 27.3 Å². The molecule has 3 aromatic carbocycles. The van der Waals surface area contributed by atoms with E-state index in [1.807, 2.05) is 41.0 Å². The summed E-state index contributed by atoms with van der Waals surface area (Å²) in [5, 5.41) is 3.97. The summed E-state index contributed by atoms with van der Waals surface area (Å²) in [7, 11) is 0. The maximum Gasteiger partial charge on any atom is 0.244 e. The number of nitrogens with zero attached hydrogens (tertiary/aromatic N) is 2. The van der Waals surface area contributed by atoms with Gasteiger partial charge in [0.1, 0.15) is 24.7 Å². The molecule has 4 rings (SSSR count). The fourth-order valence-electron chi connectivity index (χ4n) is 2.99.